The standard InChI is InChI=1S/C29H22BrF7N4O/c1-14(2)4-5-18-6-7-19(30)24(38-18)20(10-15-8-16(31)11-17(32)9-15)39-22(42)13-41-26-23(25(40-41)29(35,36)37)27(3)12-21(27)28(26,33)34/h6-9,11,20-21H,1,10,12-13H2,2-3H3,(H,39,42)/t20-,21+,27?/m0/s1. The maximum absolute atomic E-state index is 15.2. The molecule has 0 spiro atoms. The van der Waals surface area contributed by atoms with Crippen LogP contribution in [0.2, 0.25) is 0 Å². The highest BCUT2D eigenvalue weighted by molar-refractivity contribution is 9.10. The molecule has 1 fully saturated rings. The van der Waals surface area contributed by atoms with E-state index in [1.165, 1.54) is 6.92 Å². The number of halogens is 8. The normalized spacial score (nSPS) is 20.7. The molecule has 5 rings (SSSR count). The van der Waals surface area contributed by atoms with Crippen LogP contribution in [-0.4, -0.2) is 20.7 Å². The monoisotopic (exact) mass is 654 g/mol. The quantitative estimate of drug-likeness (QED) is 0.236. The third-order valence-corrected chi connectivity index (χ3v) is 8.05. The lowest BCUT2D eigenvalue weighted by Gasteiger charge is -2.21. The zero-order valence-corrected chi connectivity index (χ0v) is 23.7. The second kappa shape index (κ2) is 10.3. The van der Waals surface area contributed by atoms with Gasteiger partial charge in [0.2, 0.25) is 5.91 Å². The molecule has 2 aliphatic carbocycles. The van der Waals surface area contributed by atoms with Gasteiger partial charge in [-0.1, -0.05) is 19.4 Å². The molecule has 13 heteroatoms. The van der Waals surface area contributed by atoms with Crippen LogP contribution in [0.1, 0.15) is 60.2 Å². The van der Waals surface area contributed by atoms with Crippen LogP contribution < -0.4 is 5.32 Å². The molecule has 1 amide bonds. The molecule has 2 heterocycles. The number of hydrogen-bond donors (Lipinski definition) is 1. The van der Waals surface area contributed by atoms with Crippen LogP contribution >= 0.6 is 15.9 Å². The number of carbonyl (C=O) groups is 1. The Hall–Kier alpha value is -3.66. The largest absolute Gasteiger partial charge is 0.435 e. The Morgan fingerprint density at radius 3 is 2.52 bits per heavy atom. The minimum atomic E-state index is -5.01. The molecular weight excluding hydrogens is 633 g/mol. The van der Waals surface area contributed by atoms with Gasteiger partial charge in [0.15, 0.2) is 5.69 Å². The fourth-order valence-electron chi connectivity index (χ4n) is 5.49. The number of nitrogens with one attached hydrogen (secondary N) is 1. The first-order valence-electron chi connectivity index (χ1n) is 12.7. The molecule has 3 atom stereocenters. The number of alkyl halides is 5. The van der Waals surface area contributed by atoms with Gasteiger partial charge in [0.05, 0.1) is 11.7 Å². The zero-order chi connectivity index (χ0) is 30.8. The van der Waals surface area contributed by atoms with Crippen LogP contribution in [0.3, 0.4) is 0 Å². The molecular formula is C29H22BrF7N4O. The van der Waals surface area contributed by atoms with Gasteiger partial charge in [-0.2, -0.15) is 27.1 Å². The van der Waals surface area contributed by atoms with E-state index in [-0.39, 0.29) is 29.8 Å². The number of nitrogens with zero attached hydrogens (tertiary/aromatic N) is 3. The first kappa shape index (κ1) is 29.8. The lowest BCUT2D eigenvalue weighted by atomic mass is 9.99. The fraction of sp³-hybridized carbons (Fsp3) is 0.345. The summed E-state index contributed by atoms with van der Waals surface area (Å²) < 4.78 is 101. The summed E-state index contributed by atoms with van der Waals surface area (Å²) in [5, 5.41) is 5.99. The predicted molar refractivity (Wildman–Crippen MR) is 141 cm³/mol. The van der Waals surface area contributed by atoms with E-state index in [0.29, 0.717) is 20.8 Å². The van der Waals surface area contributed by atoms with E-state index >= 15 is 8.78 Å². The van der Waals surface area contributed by atoms with Crippen molar-refractivity contribution < 1.29 is 35.5 Å². The number of carbonyl (C=O) groups excluding carboxylic acids is 1. The van der Waals surface area contributed by atoms with Crippen molar-refractivity contribution >= 4 is 21.8 Å². The average Bonchev–Trinajstić information content (AvgIpc) is 3.34. The van der Waals surface area contributed by atoms with Crippen molar-refractivity contribution in [3.8, 4) is 11.8 Å². The van der Waals surface area contributed by atoms with Gasteiger partial charge < -0.3 is 5.32 Å². The first-order valence-corrected chi connectivity index (χ1v) is 13.4. The summed E-state index contributed by atoms with van der Waals surface area (Å²) in [4.78, 5) is 17.7. The molecule has 3 aromatic rings. The third-order valence-electron chi connectivity index (χ3n) is 7.38. The van der Waals surface area contributed by atoms with Crippen LogP contribution in [0.4, 0.5) is 30.7 Å². The lowest BCUT2D eigenvalue weighted by molar-refractivity contribution is -0.142. The minimum Gasteiger partial charge on any atom is -0.346 e. The Morgan fingerprint density at radius 1 is 1.24 bits per heavy atom. The lowest BCUT2D eigenvalue weighted by Crippen LogP contribution is -2.35. The Morgan fingerprint density at radius 2 is 1.90 bits per heavy atom. The smallest absolute Gasteiger partial charge is 0.346 e. The average molecular weight is 655 g/mol. The topological polar surface area (TPSA) is 59.8 Å². The molecule has 2 aliphatic rings. The van der Waals surface area contributed by atoms with E-state index < -0.39 is 70.5 Å². The van der Waals surface area contributed by atoms with E-state index in [4.69, 9.17) is 0 Å². The van der Waals surface area contributed by atoms with Crippen LogP contribution in [0.25, 0.3) is 0 Å². The number of rotatable bonds is 6. The first-order chi connectivity index (χ1) is 19.5. The summed E-state index contributed by atoms with van der Waals surface area (Å²) in [6, 6.07) is 4.82. The molecule has 1 unspecified atom stereocenters. The summed E-state index contributed by atoms with van der Waals surface area (Å²) in [6.45, 7) is 5.74. The van der Waals surface area contributed by atoms with Crippen molar-refractivity contribution in [1.82, 2.24) is 20.1 Å². The summed E-state index contributed by atoms with van der Waals surface area (Å²) in [7, 11) is 0. The number of aromatic nitrogens is 3. The predicted octanol–water partition coefficient (Wildman–Crippen LogP) is 6.75. The van der Waals surface area contributed by atoms with E-state index in [1.54, 1.807) is 19.1 Å². The van der Waals surface area contributed by atoms with Gasteiger partial charge in [0.25, 0.3) is 5.92 Å². The summed E-state index contributed by atoms with van der Waals surface area (Å²) in [5.41, 5.74) is -3.20. The molecule has 220 valence electrons. The molecule has 0 aliphatic heterocycles. The van der Waals surface area contributed by atoms with Gasteiger partial charge in [0, 0.05) is 27.4 Å². The fourth-order valence-corrected chi connectivity index (χ4v) is 5.99. The second-order valence-electron chi connectivity index (χ2n) is 10.7. The van der Waals surface area contributed by atoms with Crippen molar-refractivity contribution in [2.75, 3.05) is 0 Å². The molecule has 0 bridgehead atoms. The Bertz CT molecular complexity index is 1670. The number of fused-ring (bicyclic) bond motifs is 3. The Labute approximate surface area is 244 Å². The van der Waals surface area contributed by atoms with Gasteiger partial charge in [-0.3, -0.25) is 9.48 Å². The molecule has 42 heavy (non-hydrogen) atoms. The van der Waals surface area contributed by atoms with E-state index in [0.717, 1.165) is 12.1 Å². The van der Waals surface area contributed by atoms with Crippen molar-refractivity contribution in [2.24, 2.45) is 5.92 Å². The van der Waals surface area contributed by atoms with Crippen molar-refractivity contribution in [3.05, 3.63) is 92.5 Å². The molecule has 5 nitrogen and oxygen atoms in total. The number of benzene rings is 1. The SMILES string of the molecule is C=C(C)C#Cc1ccc(Br)c([C@H](Cc2cc(F)cc(F)c2)NC(=O)Cn2nc(C(F)(F)F)c3c2C(F)(F)[C@@H]2CC32C)n1. The van der Waals surface area contributed by atoms with Crippen molar-refractivity contribution in [1.29, 1.82) is 0 Å². The third kappa shape index (κ3) is 5.44. The molecule has 2 aromatic heterocycles. The van der Waals surface area contributed by atoms with Gasteiger partial charge in [-0.15, -0.1) is 0 Å². The van der Waals surface area contributed by atoms with Crippen LogP contribution in [0.15, 0.2) is 47.0 Å². The molecule has 1 N–H and O–H groups in total. The highest BCUT2D eigenvalue weighted by atomic mass is 79.9. The minimum absolute atomic E-state index is 0.120. The van der Waals surface area contributed by atoms with E-state index in [2.05, 4.69) is 49.7 Å². The van der Waals surface area contributed by atoms with E-state index in [1.807, 2.05) is 0 Å². The molecule has 1 aromatic carbocycles. The van der Waals surface area contributed by atoms with Gasteiger partial charge >= 0.3 is 6.18 Å². The van der Waals surface area contributed by atoms with Gasteiger partial charge in [0.1, 0.15) is 29.6 Å². The molecule has 0 saturated heterocycles. The number of allylic oxidation sites excluding steroid dienone is 1. The molecule has 0 radical (unpaired) electrons. The number of amides is 1. The van der Waals surface area contributed by atoms with Crippen LogP contribution in [-0.2, 0) is 35.3 Å². The maximum atomic E-state index is 15.2. The summed E-state index contributed by atoms with van der Waals surface area (Å²) in [5.74, 6) is -2.09. The van der Waals surface area contributed by atoms with Crippen LogP contribution in [0.5, 0.6) is 0 Å². The number of hydrogen-bond acceptors (Lipinski definition) is 3. The Balaban J connectivity index is 1.51. The van der Waals surface area contributed by atoms with E-state index in [9.17, 15) is 26.7 Å². The van der Waals surface area contributed by atoms with Gasteiger partial charge in [-0.05, 0) is 77.0 Å². The summed E-state index contributed by atoms with van der Waals surface area (Å²) in [6.07, 6.45) is -5.33. The molecule has 1 saturated carbocycles. The highest BCUT2D eigenvalue weighted by Crippen LogP contribution is 2.72. The maximum Gasteiger partial charge on any atom is 0.435 e. The highest BCUT2D eigenvalue weighted by Gasteiger charge is 2.75. The number of pyridine rings is 1. The van der Waals surface area contributed by atoms with Crippen molar-refractivity contribution in [2.45, 2.75) is 56.8 Å². The Kier molecular flexibility index (Phi) is 7.28. The summed E-state index contributed by atoms with van der Waals surface area (Å²) >= 11 is 3.34. The van der Waals surface area contributed by atoms with Crippen LogP contribution in [0, 0.1) is 29.4 Å². The zero-order valence-electron chi connectivity index (χ0n) is 22.1. The van der Waals surface area contributed by atoms with Gasteiger partial charge in [-0.25, -0.2) is 13.8 Å². The van der Waals surface area contributed by atoms with Crippen molar-refractivity contribution in [3.63, 3.8) is 0 Å². The second-order valence-corrected chi connectivity index (χ2v) is 11.6.